The van der Waals surface area contributed by atoms with Gasteiger partial charge in [0.15, 0.2) is 18.1 Å². The normalized spacial score (nSPS) is 18.5. The molecule has 1 saturated heterocycles. The highest BCUT2D eigenvalue weighted by Crippen LogP contribution is 2.44. The Morgan fingerprint density at radius 2 is 1.73 bits per heavy atom. The van der Waals surface area contributed by atoms with E-state index in [1.54, 1.807) is 19.0 Å². The predicted molar refractivity (Wildman–Crippen MR) is 170 cm³/mol. The van der Waals surface area contributed by atoms with Gasteiger partial charge in [-0.3, -0.25) is 9.59 Å². The summed E-state index contributed by atoms with van der Waals surface area (Å²) in [7, 11) is 3.35. The molecule has 2 atom stereocenters. The fourth-order valence-electron chi connectivity index (χ4n) is 6.01. The Kier molecular flexibility index (Phi) is 9.53. The number of hydrogen-bond acceptors (Lipinski definition) is 6. The maximum atomic E-state index is 14.0. The SMILES string of the molecule is CC(C)Oc1cc2c(cc1OCC(=O)N(C)C)CC(=O)N(c1ccc(C(C)(O)C3CCOCC3)cc1)C2c1ccc(Cl)cc1. The number of aliphatic hydroxyl groups is 1. The van der Waals surface area contributed by atoms with Gasteiger partial charge in [0.2, 0.25) is 5.91 Å². The van der Waals surface area contributed by atoms with E-state index in [4.69, 9.17) is 25.8 Å². The van der Waals surface area contributed by atoms with E-state index in [0.29, 0.717) is 29.7 Å². The van der Waals surface area contributed by atoms with Crippen molar-refractivity contribution in [2.24, 2.45) is 5.92 Å². The molecule has 3 aromatic carbocycles. The van der Waals surface area contributed by atoms with Crippen LogP contribution in [0.4, 0.5) is 5.69 Å². The number of carbonyl (C=O) groups is 2. The molecule has 0 aliphatic carbocycles. The fourth-order valence-corrected chi connectivity index (χ4v) is 6.13. The van der Waals surface area contributed by atoms with Crippen molar-refractivity contribution in [3.63, 3.8) is 0 Å². The van der Waals surface area contributed by atoms with Gasteiger partial charge in [-0.1, -0.05) is 35.9 Å². The lowest BCUT2D eigenvalue weighted by atomic mass is 9.78. The highest BCUT2D eigenvalue weighted by molar-refractivity contribution is 6.30. The zero-order valence-corrected chi connectivity index (χ0v) is 26.8. The molecule has 0 spiro atoms. The van der Waals surface area contributed by atoms with Gasteiger partial charge in [-0.25, -0.2) is 0 Å². The lowest BCUT2D eigenvalue weighted by Gasteiger charge is -2.39. The number of fused-ring (bicyclic) bond motifs is 1. The van der Waals surface area contributed by atoms with Crippen LogP contribution in [0, 0.1) is 5.92 Å². The summed E-state index contributed by atoms with van der Waals surface area (Å²) in [4.78, 5) is 29.5. The van der Waals surface area contributed by atoms with Gasteiger partial charge in [0.1, 0.15) is 0 Å². The van der Waals surface area contributed by atoms with Crippen LogP contribution < -0.4 is 14.4 Å². The second kappa shape index (κ2) is 13.2. The molecule has 0 saturated carbocycles. The van der Waals surface area contributed by atoms with Crippen LogP contribution in [0.1, 0.15) is 61.9 Å². The van der Waals surface area contributed by atoms with E-state index in [1.165, 1.54) is 4.90 Å². The average molecular weight is 621 g/mol. The smallest absolute Gasteiger partial charge is 0.259 e. The largest absolute Gasteiger partial charge is 0.487 e. The van der Waals surface area contributed by atoms with Crippen molar-refractivity contribution in [1.29, 1.82) is 0 Å². The monoisotopic (exact) mass is 620 g/mol. The molecule has 2 aliphatic heterocycles. The van der Waals surface area contributed by atoms with Gasteiger partial charge in [-0.15, -0.1) is 0 Å². The van der Waals surface area contributed by atoms with Gasteiger partial charge in [0.05, 0.1) is 24.2 Å². The van der Waals surface area contributed by atoms with Crippen LogP contribution in [-0.2, 0) is 26.3 Å². The van der Waals surface area contributed by atoms with Gasteiger partial charge in [0, 0.05) is 38.0 Å². The van der Waals surface area contributed by atoms with Crippen LogP contribution in [0.25, 0.3) is 0 Å². The zero-order valence-electron chi connectivity index (χ0n) is 26.0. The van der Waals surface area contributed by atoms with Crippen LogP contribution >= 0.6 is 11.6 Å². The Labute approximate surface area is 264 Å². The molecular weight excluding hydrogens is 580 g/mol. The van der Waals surface area contributed by atoms with Gasteiger partial charge in [-0.05, 0) is 98.2 Å². The molecule has 234 valence electrons. The predicted octanol–water partition coefficient (Wildman–Crippen LogP) is 5.91. The number of likely N-dealkylation sites (N-methyl/N-ethyl adjacent to an activating group) is 1. The molecule has 2 aliphatic rings. The summed E-state index contributed by atoms with van der Waals surface area (Å²) in [5, 5.41) is 12.1. The fraction of sp³-hybridized carbons (Fsp3) is 0.429. The third kappa shape index (κ3) is 6.72. The standard InChI is InChI=1S/C35H41ClN2O6/c1-22(2)44-31-20-29-24(18-30(31)43-21-33(40)37(4)5)19-32(39)38(34(29)23-6-10-27(36)11-7-23)28-12-8-25(9-13-28)35(3,41)26-14-16-42-17-15-26/h6-13,18,20,22,26,34,41H,14-17,19,21H2,1-5H3. The second-order valence-corrected chi connectivity index (χ2v) is 12.7. The first-order valence-electron chi connectivity index (χ1n) is 15.1. The first-order chi connectivity index (χ1) is 21.0. The van der Waals surface area contributed by atoms with Crippen molar-refractivity contribution in [3.05, 3.63) is 87.9 Å². The Morgan fingerprint density at radius 3 is 2.34 bits per heavy atom. The molecule has 5 rings (SSSR count). The Bertz CT molecular complexity index is 1480. The molecule has 1 fully saturated rings. The number of anilines is 1. The van der Waals surface area contributed by atoms with Gasteiger partial charge in [-0.2, -0.15) is 0 Å². The van der Waals surface area contributed by atoms with Crippen molar-refractivity contribution < 1.29 is 28.9 Å². The van der Waals surface area contributed by atoms with Gasteiger partial charge in [0.25, 0.3) is 5.91 Å². The molecule has 0 aromatic heterocycles. The molecule has 2 heterocycles. The van der Waals surface area contributed by atoms with Crippen LogP contribution in [-0.4, -0.2) is 61.8 Å². The molecule has 2 amide bonds. The summed E-state index contributed by atoms with van der Waals surface area (Å²) in [5.74, 6) is 0.745. The van der Waals surface area contributed by atoms with Crippen LogP contribution in [0.2, 0.25) is 5.02 Å². The minimum atomic E-state index is -1.01. The minimum absolute atomic E-state index is 0.0887. The summed E-state index contributed by atoms with van der Waals surface area (Å²) >= 11 is 6.26. The average Bonchev–Trinajstić information content (AvgIpc) is 3.00. The van der Waals surface area contributed by atoms with Gasteiger partial charge < -0.3 is 29.1 Å². The number of carbonyl (C=O) groups excluding carboxylic acids is 2. The number of halogens is 1. The number of amides is 2. The first kappa shape index (κ1) is 31.8. The van der Waals surface area contributed by atoms with E-state index >= 15 is 0 Å². The molecule has 9 heteroatoms. The lowest BCUT2D eigenvalue weighted by molar-refractivity contribution is -0.130. The van der Waals surface area contributed by atoms with Crippen molar-refractivity contribution in [3.8, 4) is 11.5 Å². The number of hydrogen-bond donors (Lipinski definition) is 1. The summed E-state index contributed by atoms with van der Waals surface area (Å²) in [6.45, 7) is 6.86. The molecule has 3 aromatic rings. The number of nitrogens with zero attached hydrogens (tertiary/aromatic N) is 2. The quantitative estimate of drug-likeness (QED) is 0.320. The van der Waals surface area contributed by atoms with Gasteiger partial charge >= 0.3 is 0 Å². The van der Waals surface area contributed by atoms with Crippen molar-refractivity contribution in [2.75, 3.05) is 38.8 Å². The molecule has 44 heavy (non-hydrogen) atoms. The number of ether oxygens (including phenoxy) is 3. The molecule has 8 nitrogen and oxygen atoms in total. The minimum Gasteiger partial charge on any atom is -0.487 e. The molecular formula is C35H41ClN2O6. The topological polar surface area (TPSA) is 88.5 Å². The van der Waals surface area contributed by atoms with Crippen LogP contribution in [0.3, 0.4) is 0 Å². The van der Waals surface area contributed by atoms with E-state index in [9.17, 15) is 14.7 Å². The van der Waals surface area contributed by atoms with Crippen molar-refractivity contribution >= 4 is 29.1 Å². The second-order valence-electron chi connectivity index (χ2n) is 12.2. The Hall–Kier alpha value is -3.59. The maximum Gasteiger partial charge on any atom is 0.259 e. The van der Waals surface area contributed by atoms with Crippen molar-refractivity contribution in [2.45, 2.75) is 57.8 Å². The summed E-state index contributed by atoms with van der Waals surface area (Å²) in [5.41, 5.74) is 3.09. The van der Waals surface area contributed by atoms with E-state index in [2.05, 4.69) is 0 Å². The first-order valence-corrected chi connectivity index (χ1v) is 15.5. The Balaban J connectivity index is 1.56. The molecule has 2 unspecified atom stereocenters. The van der Waals surface area contributed by atoms with E-state index < -0.39 is 11.6 Å². The third-order valence-corrected chi connectivity index (χ3v) is 8.77. The highest BCUT2D eigenvalue weighted by Gasteiger charge is 2.38. The summed E-state index contributed by atoms with van der Waals surface area (Å²) in [6.07, 6.45) is 1.59. The van der Waals surface area contributed by atoms with Crippen LogP contribution in [0.5, 0.6) is 11.5 Å². The highest BCUT2D eigenvalue weighted by atomic mass is 35.5. The lowest BCUT2D eigenvalue weighted by Crippen LogP contribution is -2.41. The van der Waals surface area contributed by atoms with E-state index in [0.717, 1.165) is 40.8 Å². The number of benzene rings is 3. The summed E-state index contributed by atoms with van der Waals surface area (Å²) < 4.78 is 17.6. The molecule has 0 bridgehead atoms. The Morgan fingerprint density at radius 1 is 1.07 bits per heavy atom. The summed E-state index contributed by atoms with van der Waals surface area (Å²) in [6, 6.07) is 18.4. The van der Waals surface area contributed by atoms with Crippen LogP contribution in [0.15, 0.2) is 60.7 Å². The molecule has 1 N–H and O–H groups in total. The van der Waals surface area contributed by atoms with E-state index in [1.807, 2.05) is 81.4 Å². The van der Waals surface area contributed by atoms with Crippen molar-refractivity contribution in [1.82, 2.24) is 4.90 Å². The maximum absolute atomic E-state index is 14.0. The number of rotatable bonds is 9. The van der Waals surface area contributed by atoms with E-state index in [-0.39, 0.29) is 36.9 Å². The molecule has 0 radical (unpaired) electrons. The zero-order chi connectivity index (χ0) is 31.6. The third-order valence-electron chi connectivity index (χ3n) is 8.51.